The molecule has 0 aliphatic carbocycles. The molecule has 150 valence electrons. The molecule has 1 aliphatic rings. The van der Waals surface area contributed by atoms with Gasteiger partial charge in [0.2, 0.25) is 5.82 Å². The minimum absolute atomic E-state index is 0.0884. The van der Waals surface area contributed by atoms with Crippen LogP contribution < -0.4 is 0 Å². The fourth-order valence-corrected chi connectivity index (χ4v) is 3.83. The van der Waals surface area contributed by atoms with Gasteiger partial charge < -0.3 is 14.2 Å². The van der Waals surface area contributed by atoms with Crippen LogP contribution in [0.4, 0.5) is 4.39 Å². The van der Waals surface area contributed by atoms with Crippen molar-refractivity contribution < 1.29 is 23.2 Å². The van der Waals surface area contributed by atoms with Gasteiger partial charge in [-0.25, -0.2) is 4.39 Å². The number of likely N-dealkylation sites (tertiary alicyclic amines) is 1. The van der Waals surface area contributed by atoms with Gasteiger partial charge in [0.15, 0.2) is 6.61 Å². The molecule has 1 atom stereocenters. The highest BCUT2D eigenvalue weighted by atomic mass is 32.1. The van der Waals surface area contributed by atoms with Gasteiger partial charge in [-0.1, -0.05) is 5.16 Å². The van der Waals surface area contributed by atoms with Crippen molar-refractivity contribution in [2.45, 2.75) is 19.4 Å². The topological polar surface area (TPSA) is 85.5 Å². The van der Waals surface area contributed by atoms with Crippen LogP contribution in [-0.4, -0.2) is 40.0 Å². The SMILES string of the molecule is O=C(OCc1noc(-c2ccsc2)n1)C1CCCN(C(=O)c2ccc(F)cc2)C1. The first-order valence-corrected chi connectivity index (χ1v) is 10.1. The molecule has 1 amide bonds. The van der Waals surface area contributed by atoms with Crippen LogP contribution in [-0.2, 0) is 16.1 Å². The summed E-state index contributed by atoms with van der Waals surface area (Å²) in [7, 11) is 0. The number of ether oxygens (including phenoxy) is 1. The Hall–Kier alpha value is -3.07. The Bertz CT molecular complexity index is 988. The van der Waals surface area contributed by atoms with Crippen molar-refractivity contribution in [2.75, 3.05) is 13.1 Å². The molecule has 0 bridgehead atoms. The molecule has 1 unspecified atom stereocenters. The average molecular weight is 415 g/mol. The van der Waals surface area contributed by atoms with E-state index < -0.39 is 17.7 Å². The second-order valence-corrected chi connectivity index (χ2v) is 7.51. The second-order valence-electron chi connectivity index (χ2n) is 6.73. The first-order chi connectivity index (χ1) is 14.1. The Labute approximate surface area is 170 Å². The van der Waals surface area contributed by atoms with Gasteiger partial charge in [0, 0.05) is 24.0 Å². The van der Waals surface area contributed by atoms with Gasteiger partial charge in [0.25, 0.3) is 11.8 Å². The monoisotopic (exact) mass is 415 g/mol. The smallest absolute Gasteiger partial charge is 0.311 e. The number of piperidine rings is 1. The van der Waals surface area contributed by atoms with E-state index in [2.05, 4.69) is 10.1 Å². The summed E-state index contributed by atoms with van der Waals surface area (Å²) in [4.78, 5) is 30.9. The van der Waals surface area contributed by atoms with Gasteiger partial charge in [-0.2, -0.15) is 16.3 Å². The fraction of sp³-hybridized carbons (Fsp3) is 0.300. The van der Waals surface area contributed by atoms with Crippen molar-refractivity contribution >= 4 is 23.2 Å². The molecule has 1 fully saturated rings. The minimum atomic E-state index is -0.420. The van der Waals surface area contributed by atoms with E-state index in [0.29, 0.717) is 30.8 Å². The Morgan fingerprint density at radius 3 is 2.86 bits per heavy atom. The van der Waals surface area contributed by atoms with Crippen LogP contribution in [0.3, 0.4) is 0 Å². The summed E-state index contributed by atoms with van der Waals surface area (Å²) in [5, 5.41) is 7.62. The molecule has 29 heavy (non-hydrogen) atoms. The Morgan fingerprint density at radius 1 is 1.28 bits per heavy atom. The van der Waals surface area contributed by atoms with Gasteiger partial charge >= 0.3 is 5.97 Å². The summed E-state index contributed by atoms with van der Waals surface area (Å²) in [5.41, 5.74) is 1.22. The molecule has 0 spiro atoms. The van der Waals surface area contributed by atoms with Crippen molar-refractivity contribution in [3.8, 4) is 11.5 Å². The van der Waals surface area contributed by atoms with Gasteiger partial charge in [0.05, 0.1) is 11.5 Å². The summed E-state index contributed by atoms with van der Waals surface area (Å²) in [6.07, 6.45) is 1.33. The molecule has 1 aromatic carbocycles. The van der Waals surface area contributed by atoms with E-state index in [0.717, 1.165) is 5.56 Å². The van der Waals surface area contributed by atoms with Crippen LogP contribution in [0.15, 0.2) is 45.6 Å². The number of rotatable bonds is 5. The summed E-state index contributed by atoms with van der Waals surface area (Å²) in [5.74, 6) is -0.771. The molecular weight excluding hydrogens is 397 g/mol. The predicted octanol–water partition coefficient (Wildman–Crippen LogP) is 3.53. The highest BCUT2D eigenvalue weighted by Gasteiger charge is 2.30. The maximum Gasteiger partial charge on any atom is 0.311 e. The number of benzene rings is 1. The van der Waals surface area contributed by atoms with E-state index in [-0.39, 0.29) is 24.9 Å². The molecule has 3 heterocycles. The molecular formula is C20H18FN3O4S. The molecule has 1 aliphatic heterocycles. The molecule has 9 heteroatoms. The first kappa shape index (κ1) is 19.3. The van der Waals surface area contributed by atoms with Gasteiger partial charge in [-0.15, -0.1) is 0 Å². The third-order valence-electron chi connectivity index (χ3n) is 4.71. The Morgan fingerprint density at radius 2 is 2.10 bits per heavy atom. The van der Waals surface area contributed by atoms with Gasteiger partial charge in [-0.05, 0) is 48.6 Å². The Kier molecular flexibility index (Phi) is 5.66. The van der Waals surface area contributed by atoms with Crippen molar-refractivity contribution in [1.29, 1.82) is 0 Å². The van der Waals surface area contributed by atoms with Gasteiger partial charge in [-0.3, -0.25) is 9.59 Å². The van der Waals surface area contributed by atoms with Crippen molar-refractivity contribution in [3.05, 3.63) is 58.3 Å². The number of carbonyl (C=O) groups is 2. The lowest BCUT2D eigenvalue weighted by atomic mass is 9.97. The minimum Gasteiger partial charge on any atom is -0.457 e. The number of esters is 1. The molecule has 4 rings (SSSR count). The van der Waals surface area contributed by atoms with E-state index in [1.54, 1.807) is 4.90 Å². The van der Waals surface area contributed by atoms with Crippen LogP contribution in [0, 0.1) is 11.7 Å². The molecule has 1 saturated heterocycles. The summed E-state index contributed by atoms with van der Waals surface area (Å²) >= 11 is 1.52. The lowest BCUT2D eigenvalue weighted by Gasteiger charge is -2.31. The van der Waals surface area contributed by atoms with Gasteiger partial charge in [0.1, 0.15) is 5.82 Å². The summed E-state index contributed by atoms with van der Waals surface area (Å²) < 4.78 is 23.6. The van der Waals surface area contributed by atoms with Crippen molar-refractivity contribution in [2.24, 2.45) is 5.92 Å². The van der Waals surface area contributed by atoms with Crippen LogP contribution >= 0.6 is 11.3 Å². The highest BCUT2D eigenvalue weighted by Crippen LogP contribution is 2.22. The maximum absolute atomic E-state index is 13.1. The zero-order valence-corrected chi connectivity index (χ0v) is 16.2. The third-order valence-corrected chi connectivity index (χ3v) is 5.40. The lowest BCUT2D eigenvalue weighted by Crippen LogP contribution is -2.42. The van der Waals surface area contributed by atoms with Crippen LogP contribution in [0.5, 0.6) is 0 Å². The maximum atomic E-state index is 13.1. The molecule has 0 saturated carbocycles. The van der Waals surface area contributed by atoms with E-state index in [1.165, 1.54) is 35.6 Å². The zero-order valence-electron chi connectivity index (χ0n) is 15.4. The average Bonchev–Trinajstić information content (AvgIpc) is 3.44. The van der Waals surface area contributed by atoms with E-state index in [1.807, 2.05) is 16.8 Å². The second kappa shape index (κ2) is 8.52. The summed E-state index contributed by atoms with van der Waals surface area (Å²) in [6, 6.07) is 7.25. The van der Waals surface area contributed by atoms with E-state index >= 15 is 0 Å². The lowest BCUT2D eigenvalue weighted by molar-refractivity contribution is -0.151. The molecule has 0 N–H and O–H groups in total. The zero-order chi connectivity index (χ0) is 20.2. The number of aromatic nitrogens is 2. The quantitative estimate of drug-likeness (QED) is 0.593. The number of hydrogen-bond acceptors (Lipinski definition) is 7. The first-order valence-electron chi connectivity index (χ1n) is 9.17. The number of nitrogens with zero attached hydrogens (tertiary/aromatic N) is 3. The van der Waals surface area contributed by atoms with Crippen LogP contribution in [0.2, 0.25) is 0 Å². The normalized spacial score (nSPS) is 16.6. The van der Waals surface area contributed by atoms with Crippen molar-refractivity contribution in [3.63, 3.8) is 0 Å². The Balaban J connectivity index is 1.33. The number of amides is 1. The number of hydrogen-bond donors (Lipinski definition) is 0. The number of halogens is 1. The summed E-state index contributed by atoms with van der Waals surface area (Å²) in [6.45, 7) is 0.727. The molecule has 0 radical (unpaired) electrons. The molecule has 2 aromatic heterocycles. The van der Waals surface area contributed by atoms with E-state index in [9.17, 15) is 14.0 Å². The van der Waals surface area contributed by atoms with E-state index in [4.69, 9.17) is 9.26 Å². The highest BCUT2D eigenvalue weighted by molar-refractivity contribution is 7.08. The number of thiophene rings is 1. The largest absolute Gasteiger partial charge is 0.457 e. The van der Waals surface area contributed by atoms with Crippen LogP contribution in [0.25, 0.3) is 11.5 Å². The third kappa shape index (κ3) is 4.51. The van der Waals surface area contributed by atoms with Crippen LogP contribution in [0.1, 0.15) is 29.0 Å². The standard InChI is InChI=1S/C20H18FN3O4S/c21-16-5-3-13(4-6-16)19(25)24-8-1-2-14(10-24)20(26)27-11-17-22-18(28-23-17)15-7-9-29-12-15/h3-7,9,12,14H,1-2,8,10-11H2. The molecule has 3 aromatic rings. The predicted molar refractivity (Wildman–Crippen MR) is 102 cm³/mol. The molecule has 7 nitrogen and oxygen atoms in total. The fourth-order valence-electron chi connectivity index (χ4n) is 3.20. The van der Waals surface area contributed by atoms with Crippen molar-refractivity contribution in [1.82, 2.24) is 15.0 Å². The number of carbonyl (C=O) groups excluding carboxylic acids is 2.